The number of halogens is 3. The van der Waals surface area contributed by atoms with Gasteiger partial charge < -0.3 is 10.2 Å². The Bertz CT molecular complexity index is 792. The van der Waals surface area contributed by atoms with Crippen LogP contribution in [0.3, 0.4) is 0 Å². The molecule has 0 bridgehead atoms. The highest BCUT2D eigenvalue weighted by Crippen LogP contribution is 2.29. The van der Waals surface area contributed by atoms with Crippen LogP contribution in [0.2, 0.25) is 0 Å². The number of aromatic hydroxyl groups is 2. The average molecular weight is 379 g/mol. The molecule has 0 spiro atoms. The van der Waals surface area contributed by atoms with Crippen molar-refractivity contribution in [1.82, 2.24) is 0 Å². The maximum atomic E-state index is 12.9. The van der Waals surface area contributed by atoms with Crippen molar-refractivity contribution in [2.24, 2.45) is 0 Å². The van der Waals surface area contributed by atoms with Gasteiger partial charge >= 0.3 is 0 Å². The monoisotopic (exact) mass is 378 g/mol. The Kier molecular flexibility index (Phi) is 5.71. The summed E-state index contributed by atoms with van der Waals surface area (Å²) in [5, 5.41) is 18.4. The first kappa shape index (κ1) is 17.0. The lowest BCUT2D eigenvalue weighted by Gasteiger charge is -2.03. The highest BCUT2D eigenvalue weighted by Gasteiger charge is 2.04. The van der Waals surface area contributed by atoms with Gasteiger partial charge in [0.15, 0.2) is 0 Å². The molecule has 2 N–H and O–H groups in total. The van der Waals surface area contributed by atoms with Gasteiger partial charge in [0.05, 0.1) is 4.47 Å². The minimum atomic E-state index is -0.361. The molecular formula is C18H13BrF2O2. The quantitative estimate of drug-likeness (QED) is 0.587. The predicted molar refractivity (Wildman–Crippen MR) is 89.3 cm³/mol. The van der Waals surface area contributed by atoms with Gasteiger partial charge in [0.2, 0.25) is 0 Å². The average Bonchev–Trinajstić information content (AvgIpc) is 2.55. The van der Waals surface area contributed by atoms with Crippen LogP contribution in [-0.4, -0.2) is 10.2 Å². The highest BCUT2D eigenvalue weighted by molar-refractivity contribution is 9.10. The summed E-state index contributed by atoms with van der Waals surface area (Å²) in [6.07, 6.45) is 0. The van der Waals surface area contributed by atoms with Crippen molar-refractivity contribution >= 4 is 15.9 Å². The highest BCUT2D eigenvalue weighted by atomic mass is 79.9. The largest absolute Gasteiger partial charge is 0.507 e. The van der Waals surface area contributed by atoms with Crippen molar-refractivity contribution in [2.75, 3.05) is 0 Å². The molecular weight excluding hydrogens is 366 g/mol. The molecule has 0 saturated heterocycles. The van der Waals surface area contributed by atoms with E-state index < -0.39 is 0 Å². The van der Waals surface area contributed by atoms with E-state index in [1.807, 2.05) is 30.3 Å². The number of hydrogen-bond acceptors (Lipinski definition) is 2. The third-order valence-corrected chi connectivity index (χ3v) is 3.59. The molecule has 0 heterocycles. The molecule has 0 saturated carbocycles. The van der Waals surface area contributed by atoms with Gasteiger partial charge in [-0.1, -0.05) is 30.3 Å². The van der Waals surface area contributed by atoms with E-state index in [0.29, 0.717) is 10.0 Å². The molecule has 5 heteroatoms. The normalized spacial score (nSPS) is 9.87. The fourth-order valence-electron chi connectivity index (χ4n) is 1.84. The summed E-state index contributed by atoms with van der Waals surface area (Å²) in [6.45, 7) is 0. The van der Waals surface area contributed by atoms with E-state index >= 15 is 0 Å². The number of rotatable bonds is 1. The summed E-state index contributed by atoms with van der Waals surface area (Å²) in [5.41, 5.74) is 1.33. The van der Waals surface area contributed by atoms with E-state index in [1.54, 1.807) is 0 Å². The Morgan fingerprint density at radius 2 is 1.26 bits per heavy atom. The van der Waals surface area contributed by atoms with Crippen LogP contribution in [0.4, 0.5) is 8.78 Å². The molecule has 2 nitrogen and oxygen atoms in total. The van der Waals surface area contributed by atoms with Crippen LogP contribution in [-0.2, 0) is 0 Å². The maximum Gasteiger partial charge on any atom is 0.129 e. The molecule has 3 aromatic rings. The summed E-state index contributed by atoms with van der Waals surface area (Å²) in [5.74, 6) is -0.560. The topological polar surface area (TPSA) is 40.5 Å². The number of hydrogen-bond donors (Lipinski definition) is 2. The van der Waals surface area contributed by atoms with Gasteiger partial charge in [0.1, 0.15) is 23.1 Å². The molecule has 118 valence electrons. The summed E-state index contributed by atoms with van der Waals surface area (Å²) in [7, 11) is 0. The van der Waals surface area contributed by atoms with Crippen molar-refractivity contribution < 1.29 is 19.0 Å². The SMILES string of the molecule is Oc1ccc(F)cc1-c1ccccc1.Oc1ccc(F)cc1Br. The van der Waals surface area contributed by atoms with Gasteiger partial charge in [-0.25, -0.2) is 8.78 Å². The predicted octanol–water partition coefficient (Wildman–Crippen LogP) is 5.49. The first-order chi connectivity index (χ1) is 11.0. The van der Waals surface area contributed by atoms with E-state index in [4.69, 9.17) is 5.11 Å². The van der Waals surface area contributed by atoms with Crippen molar-refractivity contribution in [3.63, 3.8) is 0 Å². The van der Waals surface area contributed by atoms with Crippen molar-refractivity contribution in [2.45, 2.75) is 0 Å². The lowest BCUT2D eigenvalue weighted by Crippen LogP contribution is -1.80. The van der Waals surface area contributed by atoms with Gasteiger partial charge in [0.25, 0.3) is 0 Å². The zero-order chi connectivity index (χ0) is 16.8. The summed E-state index contributed by atoms with van der Waals surface area (Å²) in [6, 6.07) is 16.8. The maximum absolute atomic E-state index is 12.9. The van der Waals surface area contributed by atoms with Gasteiger partial charge in [-0.2, -0.15) is 0 Å². The van der Waals surface area contributed by atoms with Crippen LogP contribution in [0.1, 0.15) is 0 Å². The van der Waals surface area contributed by atoms with Crippen molar-refractivity contribution in [3.05, 3.63) is 82.8 Å². The second kappa shape index (κ2) is 7.74. The zero-order valence-electron chi connectivity index (χ0n) is 11.9. The minimum absolute atomic E-state index is 0.0522. The Morgan fingerprint density at radius 1 is 0.696 bits per heavy atom. The summed E-state index contributed by atoms with van der Waals surface area (Å²) < 4.78 is 25.5. The second-order valence-electron chi connectivity index (χ2n) is 4.62. The van der Waals surface area contributed by atoms with Crippen LogP contribution >= 0.6 is 15.9 Å². The standard InChI is InChI=1S/C12H9FO.C6H4BrFO/c13-10-6-7-12(14)11(8-10)9-4-2-1-3-5-9;7-5-3-4(8)1-2-6(5)9/h1-8,14H;1-3,9H. The third kappa shape index (κ3) is 4.79. The van der Waals surface area contributed by atoms with Crippen molar-refractivity contribution in [1.29, 1.82) is 0 Å². The Hall–Kier alpha value is -2.40. The zero-order valence-corrected chi connectivity index (χ0v) is 13.5. The molecule has 0 amide bonds. The first-order valence-electron chi connectivity index (χ1n) is 6.65. The number of phenols is 2. The summed E-state index contributed by atoms with van der Waals surface area (Å²) >= 11 is 2.96. The lowest BCUT2D eigenvalue weighted by atomic mass is 10.0. The third-order valence-electron chi connectivity index (χ3n) is 2.95. The molecule has 0 aromatic heterocycles. The van der Waals surface area contributed by atoms with E-state index in [9.17, 15) is 13.9 Å². The Morgan fingerprint density at radius 3 is 1.83 bits per heavy atom. The van der Waals surface area contributed by atoms with Crippen LogP contribution in [0.15, 0.2) is 71.2 Å². The smallest absolute Gasteiger partial charge is 0.129 e. The van der Waals surface area contributed by atoms with E-state index in [2.05, 4.69) is 15.9 Å². The van der Waals surface area contributed by atoms with Crippen molar-refractivity contribution in [3.8, 4) is 22.6 Å². The fraction of sp³-hybridized carbons (Fsp3) is 0. The summed E-state index contributed by atoms with van der Waals surface area (Å²) in [4.78, 5) is 0. The molecule has 0 fully saturated rings. The molecule has 0 radical (unpaired) electrons. The Labute approximate surface area is 140 Å². The Balaban J connectivity index is 0.000000185. The van der Waals surface area contributed by atoms with Crippen LogP contribution in [0.25, 0.3) is 11.1 Å². The van der Waals surface area contributed by atoms with Gasteiger partial charge in [-0.15, -0.1) is 0 Å². The molecule has 23 heavy (non-hydrogen) atoms. The van der Waals surface area contributed by atoms with Gasteiger partial charge in [0, 0.05) is 5.56 Å². The van der Waals surface area contributed by atoms with Crippen LogP contribution in [0, 0.1) is 11.6 Å². The molecule has 0 aliphatic heterocycles. The molecule has 3 aromatic carbocycles. The first-order valence-corrected chi connectivity index (χ1v) is 7.44. The van der Waals surface area contributed by atoms with Gasteiger partial charge in [-0.3, -0.25) is 0 Å². The van der Waals surface area contributed by atoms with Crippen LogP contribution < -0.4 is 0 Å². The molecule has 0 aliphatic carbocycles. The van der Waals surface area contributed by atoms with Crippen LogP contribution in [0.5, 0.6) is 11.5 Å². The molecule has 0 aliphatic rings. The fourth-order valence-corrected chi connectivity index (χ4v) is 2.19. The van der Waals surface area contributed by atoms with E-state index in [0.717, 1.165) is 5.56 Å². The molecule has 0 atom stereocenters. The van der Waals surface area contributed by atoms with E-state index in [1.165, 1.54) is 36.4 Å². The number of phenolic OH excluding ortho intramolecular Hbond substituents is 2. The molecule has 3 rings (SSSR count). The minimum Gasteiger partial charge on any atom is -0.507 e. The van der Waals surface area contributed by atoms with Gasteiger partial charge in [-0.05, 0) is 57.9 Å². The lowest BCUT2D eigenvalue weighted by molar-refractivity contribution is 0.469. The number of benzene rings is 3. The van der Waals surface area contributed by atoms with E-state index in [-0.39, 0.29) is 23.1 Å². The second-order valence-corrected chi connectivity index (χ2v) is 5.48. The molecule has 0 unspecified atom stereocenters.